The van der Waals surface area contributed by atoms with Gasteiger partial charge < -0.3 is 9.72 Å². The van der Waals surface area contributed by atoms with Gasteiger partial charge >= 0.3 is 0 Å². The second-order valence-corrected chi connectivity index (χ2v) is 7.64. The van der Waals surface area contributed by atoms with Crippen molar-refractivity contribution in [2.24, 2.45) is 0 Å². The molecule has 0 saturated carbocycles. The molecule has 4 heterocycles. The number of hydrogen-bond donors (Lipinski definition) is 2. The molecular weight excluding hydrogens is 382 g/mol. The van der Waals surface area contributed by atoms with Gasteiger partial charge in [-0.25, -0.2) is 4.98 Å². The van der Waals surface area contributed by atoms with Crippen LogP contribution in [0.25, 0.3) is 27.5 Å². The summed E-state index contributed by atoms with van der Waals surface area (Å²) in [5, 5.41) is 12.1. The molecule has 0 bridgehead atoms. The number of rotatable bonds is 4. The molecule has 6 nitrogen and oxygen atoms in total. The Morgan fingerprint density at radius 3 is 2.86 bits per heavy atom. The Kier molecular flexibility index (Phi) is 4.22. The summed E-state index contributed by atoms with van der Waals surface area (Å²) in [7, 11) is 0. The molecule has 4 aromatic heterocycles. The maximum Gasteiger partial charge on any atom is 0.276 e. The number of H-pyrrole nitrogens is 1. The fraction of sp³-hybridized carbons (Fsp3) is 0.0455. The lowest BCUT2D eigenvalue weighted by Gasteiger charge is -2.08. The molecule has 29 heavy (non-hydrogen) atoms. The van der Waals surface area contributed by atoms with Gasteiger partial charge in [-0.15, -0.1) is 11.3 Å². The number of para-hydroxylation sites is 1. The first-order chi connectivity index (χ1) is 14.2. The summed E-state index contributed by atoms with van der Waals surface area (Å²) in [5.74, 6) is -0.267. The summed E-state index contributed by atoms with van der Waals surface area (Å²) in [6.07, 6.45) is 3.94. The number of fused-ring (bicyclic) bond motifs is 1. The van der Waals surface area contributed by atoms with E-state index in [0.29, 0.717) is 11.4 Å². The van der Waals surface area contributed by atoms with E-state index >= 15 is 0 Å². The van der Waals surface area contributed by atoms with Gasteiger partial charge in [-0.2, -0.15) is 5.10 Å². The lowest BCUT2D eigenvalue weighted by molar-refractivity contribution is 0.102. The maximum atomic E-state index is 12.8. The summed E-state index contributed by atoms with van der Waals surface area (Å²) < 4.78 is 1.99. The van der Waals surface area contributed by atoms with Gasteiger partial charge in [0.25, 0.3) is 5.91 Å². The normalized spacial score (nSPS) is 11.1. The zero-order valence-corrected chi connectivity index (χ0v) is 16.4. The van der Waals surface area contributed by atoms with Crippen molar-refractivity contribution in [3.8, 4) is 21.8 Å². The van der Waals surface area contributed by atoms with Crippen LogP contribution >= 0.6 is 11.3 Å². The molecule has 0 spiro atoms. The smallest absolute Gasteiger partial charge is 0.276 e. The molecule has 142 valence electrons. The third kappa shape index (κ3) is 3.21. The van der Waals surface area contributed by atoms with Crippen molar-refractivity contribution < 1.29 is 4.79 Å². The molecule has 0 unspecified atom stereocenters. The first kappa shape index (κ1) is 17.4. The van der Waals surface area contributed by atoms with Crippen LogP contribution in [0.2, 0.25) is 0 Å². The number of thiophene rings is 1. The first-order valence-electron chi connectivity index (χ1n) is 9.13. The molecule has 5 aromatic rings. The lowest BCUT2D eigenvalue weighted by atomic mass is 10.1. The van der Waals surface area contributed by atoms with E-state index in [2.05, 4.69) is 15.5 Å². The Morgan fingerprint density at radius 2 is 2.03 bits per heavy atom. The van der Waals surface area contributed by atoms with Crippen molar-refractivity contribution in [3.05, 3.63) is 83.6 Å². The van der Waals surface area contributed by atoms with E-state index in [-0.39, 0.29) is 5.91 Å². The van der Waals surface area contributed by atoms with E-state index in [0.717, 1.165) is 33.0 Å². The van der Waals surface area contributed by atoms with Crippen LogP contribution in [-0.4, -0.2) is 25.5 Å². The van der Waals surface area contributed by atoms with Gasteiger partial charge in [0.15, 0.2) is 5.69 Å². The number of pyridine rings is 1. The predicted molar refractivity (Wildman–Crippen MR) is 115 cm³/mol. The van der Waals surface area contributed by atoms with E-state index in [9.17, 15) is 4.79 Å². The number of anilines is 1. The predicted octanol–water partition coefficient (Wildman–Crippen LogP) is 5.01. The zero-order valence-electron chi connectivity index (χ0n) is 15.6. The van der Waals surface area contributed by atoms with Crippen LogP contribution in [0.5, 0.6) is 0 Å². The van der Waals surface area contributed by atoms with Crippen LogP contribution in [0, 0.1) is 6.92 Å². The van der Waals surface area contributed by atoms with Crippen LogP contribution in [0.15, 0.2) is 72.4 Å². The first-order valence-corrected chi connectivity index (χ1v) is 10.0. The SMILES string of the molecule is Cc1cccn2cc(-c3ccccc3NC(=O)c3cc(-c4cccs4)[nH]n3)nc12. The molecule has 1 amide bonds. The van der Waals surface area contributed by atoms with E-state index in [4.69, 9.17) is 4.98 Å². The Labute approximate surface area is 170 Å². The van der Waals surface area contributed by atoms with Gasteiger partial charge in [0.05, 0.1) is 22.0 Å². The second-order valence-electron chi connectivity index (χ2n) is 6.69. The Hall–Kier alpha value is -3.71. The molecule has 5 rings (SSSR count). The number of nitrogens with zero attached hydrogens (tertiary/aromatic N) is 3. The fourth-order valence-corrected chi connectivity index (χ4v) is 3.97. The number of amides is 1. The minimum Gasteiger partial charge on any atom is -0.320 e. The van der Waals surface area contributed by atoms with Gasteiger partial charge in [0.1, 0.15) is 5.65 Å². The third-order valence-electron chi connectivity index (χ3n) is 4.73. The summed E-state index contributed by atoms with van der Waals surface area (Å²) >= 11 is 1.59. The number of carbonyl (C=O) groups excluding carboxylic acids is 1. The molecule has 0 fully saturated rings. The monoisotopic (exact) mass is 399 g/mol. The quantitative estimate of drug-likeness (QED) is 0.446. The van der Waals surface area contributed by atoms with E-state index in [1.165, 1.54) is 0 Å². The number of imidazole rings is 1. The number of nitrogens with one attached hydrogen (secondary N) is 2. The highest BCUT2D eigenvalue weighted by Crippen LogP contribution is 2.29. The lowest BCUT2D eigenvalue weighted by Crippen LogP contribution is -2.13. The van der Waals surface area contributed by atoms with Crippen LogP contribution in [0.1, 0.15) is 16.1 Å². The number of aromatic amines is 1. The third-order valence-corrected chi connectivity index (χ3v) is 5.63. The van der Waals surface area contributed by atoms with Crippen molar-refractivity contribution in [1.29, 1.82) is 0 Å². The highest BCUT2D eigenvalue weighted by atomic mass is 32.1. The second kappa shape index (κ2) is 7.03. The average molecular weight is 399 g/mol. The minimum absolute atomic E-state index is 0.267. The van der Waals surface area contributed by atoms with Crippen molar-refractivity contribution in [1.82, 2.24) is 19.6 Å². The van der Waals surface area contributed by atoms with Crippen LogP contribution in [0.3, 0.4) is 0 Å². The molecule has 0 aliphatic rings. The summed E-state index contributed by atoms with van der Waals surface area (Å²) in [6, 6.07) is 17.4. The fourth-order valence-electron chi connectivity index (χ4n) is 3.28. The highest BCUT2D eigenvalue weighted by molar-refractivity contribution is 7.13. The highest BCUT2D eigenvalue weighted by Gasteiger charge is 2.16. The minimum atomic E-state index is -0.267. The largest absolute Gasteiger partial charge is 0.320 e. The summed E-state index contributed by atoms with van der Waals surface area (Å²) in [4.78, 5) is 18.6. The van der Waals surface area contributed by atoms with Gasteiger partial charge in [0.2, 0.25) is 0 Å². The van der Waals surface area contributed by atoms with E-state index in [1.807, 2.05) is 77.6 Å². The van der Waals surface area contributed by atoms with Gasteiger partial charge in [-0.3, -0.25) is 9.89 Å². The molecule has 7 heteroatoms. The molecule has 0 aliphatic heterocycles. The Morgan fingerprint density at radius 1 is 1.14 bits per heavy atom. The number of aromatic nitrogens is 4. The number of carbonyl (C=O) groups is 1. The Bertz CT molecular complexity index is 1320. The molecule has 0 radical (unpaired) electrons. The van der Waals surface area contributed by atoms with Crippen molar-refractivity contribution in [3.63, 3.8) is 0 Å². The van der Waals surface area contributed by atoms with Crippen molar-refractivity contribution in [2.75, 3.05) is 5.32 Å². The van der Waals surface area contributed by atoms with Gasteiger partial charge in [0, 0.05) is 18.0 Å². The number of aryl methyl sites for hydroxylation is 1. The molecule has 2 N–H and O–H groups in total. The summed E-state index contributed by atoms with van der Waals surface area (Å²) in [6.45, 7) is 2.03. The van der Waals surface area contributed by atoms with E-state index < -0.39 is 0 Å². The summed E-state index contributed by atoms with van der Waals surface area (Å²) in [5.41, 5.74) is 5.52. The topological polar surface area (TPSA) is 75.1 Å². The molecule has 1 aromatic carbocycles. The van der Waals surface area contributed by atoms with Crippen molar-refractivity contribution in [2.45, 2.75) is 6.92 Å². The molecule has 0 saturated heterocycles. The standard InChI is InChI=1S/C22H17N5OS/c1-14-6-4-10-27-13-19(23-21(14)27)15-7-2-3-8-16(15)24-22(28)18-12-17(25-26-18)20-9-5-11-29-20/h2-13H,1H3,(H,24,28)(H,25,26). The van der Waals surface area contributed by atoms with Crippen LogP contribution < -0.4 is 5.32 Å². The van der Waals surface area contributed by atoms with Crippen molar-refractivity contribution >= 4 is 28.6 Å². The number of hydrogen-bond acceptors (Lipinski definition) is 4. The van der Waals surface area contributed by atoms with Gasteiger partial charge in [-0.1, -0.05) is 30.3 Å². The average Bonchev–Trinajstić information content (AvgIpc) is 3.48. The van der Waals surface area contributed by atoms with Crippen LogP contribution in [-0.2, 0) is 0 Å². The molecular formula is C22H17N5OS. The zero-order chi connectivity index (χ0) is 19.8. The van der Waals surface area contributed by atoms with Gasteiger partial charge in [-0.05, 0) is 42.1 Å². The molecule has 0 atom stereocenters. The van der Waals surface area contributed by atoms with Crippen LogP contribution in [0.4, 0.5) is 5.69 Å². The number of benzene rings is 1. The van der Waals surface area contributed by atoms with E-state index in [1.54, 1.807) is 17.4 Å². The molecule has 0 aliphatic carbocycles. The Balaban J connectivity index is 1.46. The maximum absolute atomic E-state index is 12.8.